The van der Waals surface area contributed by atoms with Crippen LogP contribution in [0.25, 0.3) is 0 Å². The van der Waals surface area contributed by atoms with E-state index < -0.39 is 7.82 Å². The fourth-order valence-corrected chi connectivity index (χ4v) is 1.54. The minimum Gasteiger partial charge on any atom is -0.314 e. The van der Waals surface area contributed by atoms with Gasteiger partial charge >= 0.3 is 7.82 Å². The van der Waals surface area contributed by atoms with E-state index in [1.807, 2.05) is 0 Å². The topological polar surface area (TPSA) is 82.0 Å². The van der Waals surface area contributed by atoms with E-state index in [1.165, 1.54) is 0 Å². The highest BCUT2D eigenvalue weighted by atomic mass is 31.2. The molecule has 1 saturated heterocycles. The van der Waals surface area contributed by atoms with E-state index >= 15 is 0 Å². The molecule has 1 aliphatic rings. The van der Waals surface area contributed by atoms with E-state index in [2.05, 4.69) is 14.7 Å². The third-order valence-electron chi connectivity index (χ3n) is 1.88. The Hall–Kier alpha value is 0.0300. The van der Waals surface area contributed by atoms with Gasteiger partial charge < -0.3 is 15.1 Å². The second-order valence-corrected chi connectivity index (χ2v) is 4.15. The highest BCUT2D eigenvalue weighted by Crippen LogP contribution is 2.35. The van der Waals surface area contributed by atoms with Crippen LogP contribution in [-0.2, 0) is 9.09 Å². The van der Waals surface area contributed by atoms with Gasteiger partial charge in [0.15, 0.2) is 0 Å². The van der Waals surface area contributed by atoms with Crippen molar-refractivity contribution in [2.75, 3.05) is 39.3 Å². The summed E-state index contributed by atoms with van der Waals surface area (Å²) >= 11 is 0. The number of hydrogen-bond donors (Lipinski definition) is 3. The van der Waals surface area contributed by atoms with Gasteiger partial charge in [0.1, 0.15) is 0 Å². The molecule has 1 heterocycles. The predicted molar refractivity (Wildman–Crippen MR) is 47.3 cm³/mol. The van der Waals surface area contributed by atoms with Crippen molar-refractivity contribution in [1.29, 1.82) is 0 Å². The summed E-state index contributed by atoms with van der Waals surface area (Å²) in [5, 5.41) is 3.19. The Kier molecular flexibility index (Phi) is 4.31. The lowest BCUT2D eigenvalue weighted by molar-refractivity contribution is 0.153. The summed E-state index contributed by atoms with van der Waals surface area (Å²) in [4.78, 5) is 18.9. The molecule has 0 unspecified atom stereocenters. The molecule has 0 bridgehead atoms. The quantitative estimate of drug-likeness (QED) is 0.516. The SMILES string of the molecule is O=P(O)(O)OCCN1CCNCC1. The van der Waals surface area contributed by atoms with Gasteiger partial charge in [0.25, 0.3) is 0 Å². The molecule has 0 atom stereocenters. The molecule has 13 heavy (non-hydrogen) atoms. The molecule has 0 aromatic rings. The van der Waals surface area contributed by atoms with Gasteiger partial charge in [0.05, 0.1) is 6.61 Å². The third-order valence-corrected chi connectivity index (χ3v) is 2.40. The Morgan fingerprint density at radius 3 is 2.54 bits per heavy atom. The van der Waals surface area contributed by atoms with E-state index in [0.29, 0.717) is 6.54 Å². The molecule has 0 radical (unpaired) electrons. The molecule has 0 amide bonds. The normalized spacial score (nSPS) is 20.5. The number of nitrogens with zero attached hydrogens (tertiary/aromatic N) is 1. The molecular formula is C6H15N2O4P. The average Bonchev–Trinajstić information content (AvgIpc) is 2.04. The van der Waals surface area contributed by atoms with Gasteiger partial charge in [0.2, 0.25) is 0 Å². The van der Waals surface area contributed by atoms with Crippen LogP contribution in [0, 0.1) is 0 Å². The molecule has 7 heteroatoms. The van der Waals surface area contributed by atoms with Gasteiger partial charge in [0, 0.05) is 32.7 Å². The zero-order valence-corrected chi connectivity index (χ0v) is 8.24. The van der Waals surface area contributed by atoms with Crippen LogP contribution in [0.5, 0.6) is 0 Å². The molecular weight excluding hydrogens is 195 g/mol. The molecule has 0 saturated carbocycles. The molecule has 6 nitrogen and oxygen atoms in total. The van der Waals surface area contributed by atoms with E-state index in [0.717, 1.165) is 26.2 Å². The van der Waals surface area contributed by atoms with Crippen molar-refractivity contribution in [3.63, 3.8) is 0 Å². The molecule has 0 aromatic heterocycles. The highest BCUT2D eigenvalue weighted by molar-refractivity contribution is 7.46. The summed E-state index contributed by atoms with van der Waals surface area (Å²) < 4.78 is 14.7. The van der Waals surface area contributed by atoms with Gasteiger partial charge in [-0.2, -0.15) is 0 Å². The number of hydrogen-bond acceptors (Lipinski definition) is 4. The monoisotopic (exact) mass is 210 g/mol. The Labute approximate surface area is 77.1 Å². The second kappa shape index (κ2) is 5.05. The highest BCUT2D eigenvalue weighted by Gasteiger charge is 2.15. The molecule has 1 fully saturated rings. The average molecular weight is 210 g/mol. The maximum Gasteiger partial charge on any atom is 0.469 e. The van der Waals surface area contributed by atoms with Crippen LogP contribution < -0.4 is 5.32 Å². The van der Waals surface area contributed by atoms with E-state index in [1.54, 1.807) is 0 Å². The Morgan fingerprint density at radius 2 is 2.00 bits per heavy atom. The van der Waals surface area contributed by atoms with E-state index in [-0.39, 0.29) is 6.61 Å². The van der Waals surface area contributed by atoms with Crippen molar-refractivity contribution in [2.24, 2.45) is 0 Å². The largest absolute Gasteiger partial charge is 0.469 e. The number of rotatable bonds is 4. The lowest BCUT2D eigenvalue weighted by Gasteiger charge is -2.26. The molecule has 1 aliphatic heterocycles. The zero-order chi connectivity index (χ0) is 9.73. The second-order valence-electron chi connectivity index (χ2n) is 2.92. The van der Waals surface area contributed by atoms with Crippen molar-refractivity contribution in [3.05, 3.63) is 0 Å². The van der Waals surface area contributed by atoms with Crippen LogP contribution in [0.1, 0.15) is 0 Å². The first-order chi connectivity index (χ1) is 6.08. The summed E-state index contributed by atoms with van der Waals surface area (Å²) in [7, 11) is -4.28. The maximum absolute atomic E-state index is 10.3. The summed E-state index contributed by atoms with van der Waals surface area (Å²) in [6.45, 7) is 4.33. The summed E-state index contributed by atoms with van der Waals surface area (Å²) in [5.41, 5.74) is 0. The van der Waals surface area contributed by atoms with Crippen LogP contribution in [0.4, 0.5) is 0 Å². The predicted octanol–water partition coefficient (Wildman–Crippen LogP) is -0.999. The standard InChI is InChI=1S/C6H15N2O4P/c9-13(10,11)12-6-5-8-3-1-7-2-4-8/h7H,1-6H2,(H2,9,10,11). The van der Waals surface area contributed by atoms with Crippen molar-refractivity contribution in [3.8, 4) is 0 Å². The number of piperazine rings is 1. The van der Waals surface area contributed by atoms with Crippen molar-refractivity contribution < 1.29 is 18.9 Å². The van der Waals surface area contributed by atoms with Crippen LogP contribution >= 0.6 is 7.82 Å². The zero-order valence-electron chi connectivity index (χ0n) is 7.35. The number of nitrogens with one attached hydrogen (secondary N) is 1. The van der Waals surface area contributed by atoms with Crippen molar-refractivity contribution in [1.82, 2.24) is 10.2 Å². The van der Waals surface area contributed by atoms with Crippen molar-refractivity contribution >= 4 is 7.82 Å². The fraction of sp³-hybridized carbons (Fsp3) is 1.00. The summed E-state index contributed by atoms with van der Waals surface area (Å²) in [6, 6.07) is 0. The van der Waals surface area contributed by atoms with Gasteiger partial charge in [-0.3, -0.25) is 9.42 Å². The van der Waals surface area contributed by atoms with Crippen molar-refractivity contribution in [2.45, 2.75) is 0 Å². The molecule has 1 rings (SSSR count). The van der Waals surface area contributed by atoms with Crippen LogP contribution in [0.2, 0.25) is 0 Å². The van der Waals surface area contributed by atoms with Gasteiger partial charge in [-0.25, -0.2) is 4.57 Å². The van der Waals surface area contributed by atoms with Gasteiger partial charge in [-0.15, -0.1) is 0 Å². The lowest BCUT2D eigenvalue weighted by atomic mass is 10.4. The van der Waals surface area contributed by atoms with Crippen LogP contribution in [0.3, 0.4) is 0 Å². The Balaban J connectivity index is 2.08. The van der Waals surface area contributed by atoms with Gasteiger partial charge in [-0.05, 0) is 0 Å². The first-order valence-corrected chi connectivity index (χ1v) is 5.74. The summed E-state index contributed by atoms with van der Waals surface area (Å²) in [6.07, 6.45) is 0. The third kappa shape index (κ3) is 5.36. The molecule has 78 valence electrons. The molecule has 0 aliphatic carbocycles. The molecule has 0 aromatic carbocycles. The maximum atomic E-state index is 10.3. The van der Waals surface area contributed by atoms with Crippen LogP contribution in [0.15, 0.2) is 0 Å². The first-order valence-electron chi connectivity index (χ1n) is 4.21. The number of phosphoric ester groups is 1. The summed E-state index contributed by atoms with van der Waals surface area (Å²) in [5.74, 6) is 0. The molecule has 3 N–H and O–H groups in total. The smallest absolute Gasteiger partial charge is 0.314 e. The van der Waals surface area contributed by atoms with E-state index in [4.69, 9.17) is 9.79 Å². The first kappa shape index (κ1) is 11.1. The molecule has 0 spiro atoms. The van der Waals surface area contributed by atoms with E-state index in [9.17, 15) is 4.57 Å². The Bertz CT molecular complexity index is 189. The van der Waals surface area contributed by atoms with Gasteiger partial charge in [-0.1, -0.05) is 0 Å². The minimum absolute atomic E-state index is 0.0876. The fourth-order valence-electron chi connectivity index (χ4n) is 1.22. The number of phosphoric acid groups is 1. The minimum atomic E-state index is -4.28. The Morgan fingerprint density at radius 1 is 1.38 bits per heavy atom. The van der Waals surface area contributed by atoms with Crippen LogP contribution in [-0.4, -0.2) is 54.0 Å². The lowest BCUT2D eigenvalue weighted by Crippen LogP contribution is -2.44.